The van der Waals surface area contributed by atoms with E-state index in [1.165, 1.54) is 0 Å². The molecular weight excluding hydrogens is 192 g/mol. The first-order valence-corrected chi connectivity index (χ1v) is 4.95. The molecule has 15 heavy (non-hydrogen) atoms. The van der Waals surface area contributed by atoms with E-state index in [0.717, 1.165) is 11.3 Å². The topological polar surface area (TPSA) is 55.6 Å². The van der Waals surface area contributed by atoms with Crippen molar-refractivity contribution in [3.8, 4) is 0 Å². The summed E-state index contributed by atoms with van der Waals surface area (Å²) in [5.41, 5.74) is 7.54. The molecule has 80 valence electrons. The van der Waals surface area contributed by atoms with Crippen molar-refractivity contribution < 1.29 is 9.53 Å². The van der Waals surface area contributed by atoms with Crippen LogP contribution in [0.15, 0.2) is 24.3 Å². The number of aryl methyl sites for hydroxylation is 1. The van der Waals surface area contributed by atoms with Gasteiger partial charge in [0.1, 0.15) is 6.61 Å². The van der Waals surface area contributed by atoms with Crippen LogP contribution in [0.5, 0.6) is 0 Å². The number of nitrogens with two attached hydrogens (primary N) is 1. The maximum atomic E-state index is 11.5. The maximum Gasteiger partial charge on any atom is 0.414 e. The number of anilines is 1. The number of cyclic esters (lactones) is 1. The number of rotatable bonds is 2. The van der Waals surface area contributed by atoms with Gasteiger partial charge in [-0.2, -0.15) is 0 Å². The van der Waals surface area contributed by atoms with E-state index < -0.39 is 0 Å². The second-order valence-corrected chi connectivity index (χ2v) is 3.62. The van der Waals surface area contributed by atoms with E-state index >= 15 is 0 Å². The SMILES string of the molecule is Cc1ccccc1N1C(=O)OCC1CN. The molecule has 1 heterocycles. The van der Waals surface area contributed by atoms with Gasteiger partial charge in [-0.05, 0) is 18.6 Å². The van der Waals surface area contributed by atoms with E-state index in [4.69, 9.17) is 10.5 Å². The first-order chi connectivity index (χ1) is 7.24. The maximum absolute atomic E-state index is 11.5. The Balaban J connectivity index is 2.36. The van der Waals surface area contributed by atoms with E-state index in [1.807, 2.05) is 31.2 Å². The molecule has 1 aromatic carbocycles. The van der Waals surface area contributed by atoms with Crippen molar-refractivity contribution in [2.24, 2.45) is 5.73 Å². The summed E-state index contributed by atoms with van der Waals surface area (Å²) < 4.78 is 4.99. The summed E-state index contributed by atoms with van der Waals surface area (Å²) in [7, 11) is 0. The number of para-hydroxylation sites is 1. The highest BCUT2D eigenvalue weighted by molar-refractivity contribution is 5.91. The Morgan fingerprint density at radius 3 is 2.93 bits per heavy atom. The van der Waals surface area contributed by atoms with Crippen LogP contribution in [0.3, 0.4) is 0 Å². The van der Waals surface area contributed by atoms with Gasteiger partial charge in [-0.25, -0.2) is 4.79 Å². The molecule has 1 fully saturated rings. The monoisotopic (exact) mass is 206 g/mol. The minimum absolute atomic E-state index is 0.0430. The third-order valence-electron chi connectivity index (χ3n) is 2.61. The fourth-order valence-electron chi connectivity index (χ4n) is 1.76. The van der Waals surface area contributed by atoms with Gasteiger partial charge in [0.25, 0.3) is 0 Å². The molecule has 1 aliphatic rings. The van der Waals surface area contributed by atoms with E-state index in [1.54, 1.807) is 4.90 Å². The van der Waals surface area contributed by atoms with Gasteiger partial charge in [0.2, 0.25) is 0 Å². The Labute approximate surface area is 88.6 Å². The Bertz CT molecular complexity index is 379. The minimum atomic E-state index is -0.306. The van der Waals surface area contributed by atoms with Crippen LogP contribution in [0.1, 0.15) is 5.56 Å². The minimum Gasteiger partial charge on any atom is -0.447 e. The number of carbonyl (C=O) groups is 1. The largest absolute Gasteiger partial charge is 0.447 e. The number of amides is 1. The summed E-state index contributed by atoms with van der Waals surface area (Å²) >= 11 is 0. The first-order valence-electron chi connectivity index (χ1n) is 4.95. The zero-order chi connectivity index (χ0) is 10.8. The molecule has 1 aromatic rings. The first kappa shape index (κ1) is 9.98. The van der Waals surface area contributed by atoms with Crippen molar-refractivity contribution >= 4 is 11.8 Å². The lowest BCUT2D eigenvalue weighted by atomic mass is 10.1. The number of nitrogens with zero attached hydrogens (tertiary/aromatic N) is 1. The molecule has 1 saturated heterocycles. The number of benzene rings is 1. The Kier molecular flexibility index (Phi) is 2.60. The quantitative estimate of drug-likeness (QED) is 0.793. The predicted molar refractivity (Wildman–Crippen MR) is 57.8 cm³/mol. The van der Waals surface area contributed by atoms with Crippen molar-refractivity contribution in [3.05, 3.63) is 29.8 Å². The van der Waals surface area contributed by atoms with Gasteiger partial charge < -0.3 is 10.5 Å². The average Bonchev–Trinajstić information content (AvgIpc) is 2.60. The molecule has 1 aliphatic heterocycles. The highest BCUT2D eigenvalue weighted by Gasteiger charge is 2.33. The van der Waals surface area contributed by atoms with Crippen molar-refractivity contribution in [2.75, 3.05) is 18.1 Å². The summed E-state index contributed by atoms with van der Waals surface area (Å²) in [6, 6.07) is 7.68. The van der Waals surface area contributed by atoms with Crippen LogP contribution in [0.25, 0.3) is 0 Å². The lowest BCUT2D eigenvalue weighted by Gasteiger charge is -2.21. The summed E-state index contributed by atoms with van der Waals surface area (Å²) in [6.07, 6.45) is -0.306. The highest BCUT2D eigenvalue weighted by atomic mass is 16.6. The predicted octanol–water partition coefficient (Wildman–Crippen LogP) is 1.28. The van der Waals surface area contributed by atoms with Crippen LogP contribution in [0.4, 0.5) is 10.5 Å². The zero-order valence-electron chi connectivity index (χ0n) is 8.64. The molecular formula is C11H14N2O2. The fraction of sp³-hybridized carbons (Fsp3) is 0.364. The van der Waals surface area contributed by atoms with Crippen molar-refractivity contribution in [1.82, 2.24) is 0 Å². The van der Waals surface area contributed by atoms with Gasteiger partial charge in [-0.3, -0.25) is 4.90 Å². The second kappa shape index (κ2) is 3.90. The molecule has 0 spiro atoms. The Hall–Kier alpha value is -1.55. The van der Waals surface area contributed by atoms with Crippen molar-refractivity contribution in [3.63, 3.8) is 0 Å². The molecule has 0 saturated carbocycles. The molecule has 0 radical (unpaired) electrons. The van der Waals surface area contributed by atoms with E-state index in [9.17, 15) is 4.79 Å². The molecule has 4 nitrogen and oxygen atoms in total. The van der Waals surface area contributed by atoms with Gasteiger partial charge in [0, 0.05) is 6.54 Å². The Morgan fingerprint density at radius 1 is 1.53 bits per heavy atom. The Morgan fingerprint density at radius 2 is 2.27 bits per heavy atom. The zero-order valence-corrected chi connectivity index (χ0v) is 8.64. The number of carbonyl (C=O) groups excluding carboxylic acids is 1. The third-order valence-corrected chi connectivity index (χ3v) is 2.61. The molecule has 2 N–H and O–H groups in total. The summed E-state index contributed by atoms with van der Waals surface area (Å²) in [6.45, 7) is 2.76. The molecule has 0 aliphatic carbocycles. The lowest BCUT2D eigenvalue weighted by molar-refractivity contribution is 0.179. The summed E-state index contributed by atoms with van der Waals surface area (Å²) in [5, 5.41) is 0. The second-order valence-electron chi connectivity index (χ2n) is 3.62. The summed E-state index contributed by atoms with van der Waals surface area (Å²) in [5.74, 6) is 0. The van der Waals surface area contributed by atoms with E-state index in [0.29, 0.717) is 13.2 Å². The molecule has 4 heteroatoms. The van der Waals surface area contributed by atoms with Crippen molar-refractivity contribution in [1.29, 1.82) is 0 Å². The van der Waals surface area contributed by atoms with Gasteiger partial charge in [0.15, 0.2) is 0 Å². The van der Waals surface area contributed by atoms with Crippen LogP contribution in [-0.4, -0.2) is 25.3 Å². The molecule has 1 atom stereocenters. The van der Waals surface area contributed by atoms with Crippen LogP contribution in [0.2, 0.25) is 0 Å². The van der Waals surface area contributed by atoms with Crippen molar-refractivity contribution in [2.45, 2.75) is 13.0 Å². The van der Waals surface area contributed by atoms with Crippen LogP contribution < -0.4 is 10.6 Å². The highest BCUT2D eigenvalue weighted by Crippen LogP contribution is 2.25. The third kappa shape index (κ3) is 1.68. The molecule has 0 aromatic heterocycles. The van der Waals surface area contributed by atoms with E-state index in [-0.39, 0.29) is 12.1 Å². The lowest BCUT2D eigenvalue weighted by Crippen LogP contribution is -2.39. The van der Waals surface area contributed by atoms with Gasteiger partial charge >= 0.3 is 6.09 Å². The molecule has 0 bridgehead atoms. The number of hydrogen-bond donors (Lipinski definition) is 1. The molecule has 1 unspecified atom stereocenters. The smallest absolute Gasteiger partial charge is 0.414 e. The van der Waals surface area contributed by atoms with Gasteiger partial charge in [-0.1, -0.05) is 18.2 Å². The molecule has 2 rings (SSSR count). The normalized spacial score (nSPS) is 20.5. The number of ether oxygens (including phenoxy) is 1. The van der Waals surface area contributed by atoms with E-state index in [2.05, 4.69) is 0 Å². The van der Waals surface area contributed by atoms with Gasteiger partial charge in [-0.15, -0.1) is 0 Å². The average molecular weight is 206 g/mol. The van der Waals surface area contributed by atoms with Gasteiger partial charge in [0.05, 0.1) is 11.7 Å². The fourth-order valence-corrected chi connectivity index (χ4v) is 1.76. The summed E-state index contributed by atoms with van der Waals surface area (Å²) in [4.78, 5) is 13.2. The van der Waals surface area contributed by atoms with Crippen LogP contribution in [-0.2, 0) is 4.74 Å². The molecule has 1 amide bonds. The van der Waals surface area contributed by atoms with Crippen LogP contribution >= 0.6 is 0 Å². The standard InChI is InChI=1S/C11H14N2O2/c1-8-4-2-3-5-10(8)13-9(6-12)7-15-11(13)14/h2-5,9H,6-7,12H2,1H3. The number of hydrogen-bond acceptors (Lipinski definition) is 3. The van der Waals surface area contributed by atoms with Crippen LogP contribution in [0, 0.1) is 6.92 Å².